The van der Waals surface area contributed by atoms with Gasteiger partial charge in [0.1, 0.15) is 0 Å². The Balaban J connectivity index is 2.36. The molecule has 0 radical (unpaired) electrons. The van der Waals surface area contributed by atoms with Gasteiger partial charge in [-0.1, -0.05) is 23.7 Å². The van der Waals surface area contributed by atoms with Gasteiger partial charge in [0.15, 0.2) is 0 Å². The molecule has 1 atom stereocenters. The van der Waals surface area contributed by atoms with Crippen molar-refractivity contribution in [1.82, 2.24) is 4.98 Å². The molecule has 3 aromatic rings. The molecule has 3 rings (SSSR count). The van der Waals surface area contributed by atoms with Gasteiger partial charge in [0, 0.05) is 32.9 Å². The predicted octanol–water partition coefficient (Wildman–Crippen LogP) is 3.99. The highest BCUT2D eigenvalue weighted by Crippen LogP contribution is 2.29. The summed E-state index contributed by atoms with van der Waals surface area (Å²) in [5, 5.41) is 3.10. The van der Waals surface area contributed by atoms with Gasteiger partial charge in [-0.05, 0) is 36.8 Å². The molecule has 0 spiro atoms. The number of aromatic nitrogens is 1. The van der Waals surface area contributed by atoms with Gasteiger partial charge in [0.05, 0.1) is 0 Å². The minimum absolute atomic E-state index is 0.0504. The fraction of sp³-hybridized carbons (Fsp3) is 0.143. The largest absolute Gasteiger partial charge is 0.355 e. The molecule has 3 N–H and O–H groups in total. The molecular weight excluding hydrogens is 232 g/mol. The van der Waals surface area contributed by atoms with Crippen molar-refractivity contribution >= 4 is 33.4 Å². The molecule has 0 aliphatic heterocycles. The number of nitrogens with one attached hydrogen (secondary N) is 1. The number of nitrogens with two attached hydrogens (primary N) is 1. The number of hydrogen-bond donors (Lipinski definition) is 2. The summed E-state index contributed by atoms with van der Waals surface area (Å²) in [7, 11) is 0. The summed E-state index contributed by atoms with van der Waals surface area (Å²) in [5.41, 5.74) is 9.23. The summed E-state index contributed by atoms with van der Waals surface area (Å²) in [6.07, 6.45) is 0. The molecule has 0 aliphatic rings. The van der Waals surface area contributed by atoms with Crippen LogP contribution in [0.2, 0.25) is 5.02 Å². The zero-order valence-electron chi connectivity index (χ0n) is 9.50. The molecule has 3 heteroatoms. The molecule has 1 heterocycles. The molecule has 1 unspecified atom stereocenters. The van der Waals surface area contributed by atoms with Gasteiger partial charge >= 0.3 is 0 Å². The second-order valence-electron chi connectivity index (χ2n) is 4.41. The lowest BCUT2D eigenvalue weighted by Crippen LogP contribution is -2.04. The lowest BCUT2D eigenvalue weighted by molar-refractivity contribution is 0.820. The van der Waals surface area contributed by atoms with E-state index in [2.05, 4.69) is 23.2 Å². The summed E-state index contributed by atoms with van der Waals surface area (Å²) in [4.78, 5) is 3.39. The van der Waals surface area contributed by atoms with E-state index in [1.165, 1.54) is 5.39 Å². The summed E-state index contributed by atoms with van der Waals surface area (Å²) in [6.45, 7) is 1.99. The molecule has 86 valence electrons. The first-order chi connectivity index (χ1) is 8.15. The summed E-state index contributed by atoms with van der Waals surface area (Å²) in [5.74, 6) is 0. The van der Waals surface area contributed by atoms with E-state index in [-0.39, 0.29) is 6.04 Å². The van der Waals surface area contributed by atoms with E-state index in [1.54, 1.807) is 0 Å². The predicted molar refractivity (Wildman–Crippen MR) is 73.4 cm³/mol. The number of rotatable bonds is 1. The van der Waals surface area contributed by atoms with Crippen molar-refractivity contribution in [2.45, 2.75) is 13.0 Å². The molecule has 0 amide bonds. The first-order valence-corrected chi connectivity index (χ1v) is 5.99. The zero-order valence-corrected chi connectivity index (χ0v) is 10.3. The number of halogens is 1. The van der Waals surface area contributed by atoms with Crippen LogP contribution in [0.5, 0.6) is 0 Å². The minimum Gasteiger partial charge on any atom is -0.355 e. The van der Waals surface area contributed by atoms with Crippen LogP contribution in [0, 0.1) is 0 Å². The Bertz CT molecular complexity index is 698. The van der Waals surface area contributed by atoms with Crippen LogP contribution in [0.1, 0.15) is 18.5 Å². The molecule has 0 aliphatic carbocycles. The van der Waals surface area contributed by atoms with Crippen LogP contribution < -0.4 is 5.73 Å². The van der Waals surface area contributed by atoms with Crippen LogP contribution in [0.3, 0.4) is 0 Å². The third kappa shape index (κ3) is 1.70. The maximum Gasteiger partial charge on any atom is 0.0468 e. The van der Waals surface area contributed by atoms with E-state index in [1.807, 2.05) is 25.1 Å². The number of aromatic amines is 1. The normalized spacial score (nSPS) is 13.4. The molecule has 2 aromatic carbocycles. The van der Waals surface area contributed by atoms with Gasteiger partial charge < -0.3 is 10.7 Å². The Hall–Kier alpha value is -1.51. The lowest BCUT2D eigenvalue weighted by Gasteiger charge is -2.04. The Kier molecular flexibility index (Phi) is 2.35. The number of benzene rings is 2. The van der Waals surface area contributed by atoms with Crippen molar-refractivity contribution < 1.29 is 0 Å². The molecule has 17 heavy (non-hydrogen) atoms. The molecule has 2 nitrogen and oxygen atoms in total. The van der Waals surface area contributed by atoms with Crippen molar-refractivity contribution in [3.8, 4) is 0 Å². The monoisotopic (exact) mass is 244 g/mol. The highest BCUT2D eigenvalue weighted by Gasteiger charge is 2.06. The highest BCUT2D eigenvalue weighted by atomic mass is 35.5. The number of H-pyrrole nitrogens is 1. The molecule has 1 aromatic heterocycles. The molecule has 0 saturated heterocycles. The molecular formula is C14H13ClN2. The Labute approximate surface area is 104 Å². The average Bonchev–Trinajstić information content (AvgIpc) is 2.66. The smallest absolute Gasteiger partial charge is 0.0468 e. The first-order valence-electron chi connectivity index (χ1n) is 5.61. The summed E-state index contributed by atoms with van der Waals surface area (Å²) >= 11 is 6.02. The van der Waals surface area contributed by atoms with Gasteiger partial charge in [-0.25, -0.2) is 0 Å². The molecule has 0 saturated carbocycles. The van der Waals surface area contributed by atoms with E-state index in [9.17, 15) is 0 Å². The van der Waals surface area contributed by atoms with Gasteiger partial charge in [0.2, 0.25) is 0 Å². The van der Waals surface area contributed by atoms with Crippen LogP contribution in [0.15, 0.2) is 36.4 Å². The van der Waals surface area contributed by atoms with Crippen LogP contribution in [-0.2, 0) is 0 Å². The molecule has 0 fully saturated rings. The van der Waals surface area contributed by atoms with Gasteiger partial charge in [-0.15, -0.1) is 0 Å². The van der Waals surface area contributed by atoms with Gasteiger partial charge in [-0.3, -0.25) is 0 Å². The van der Waals surface area contributed by atoms with Crippen LogP contribution in [-0.4, -0.2) is 4.98 Å². The number of fused-ring (bicyclic) bond motifs is 3. The van der Waals surface area contributed by atoms with Gasteiger partial charge in [-0.2, -0.15) is 0 Å². The minimum atomic E-state index is 0.0504. The van der Waals surface area contributed by atoms with E-state index >= 15 is 0 Å². The van der Waals surface area contributed by atoms with E-state index in [0.717, 1.165) is 27.0 Å². The third-order valence-electron chi connectivity index (χ3n) is 3.11. The zero-order chi connectivity index (χ0) is 12.0. The second kappa shape index (κ2) is 3.76. The topological polar surface area (TPSA) is 41.8 Å². The van der Waals surface area contributed by atoms with Crippen molar-refractivity contribution in [3.63, 3.8) is 0 Å². The first kappa shape index (κ1) is 10.6. The standard InChI is InChI=1S/C14H13ClN2/c1-8(16)9-2-4-11-12-7-10(15)3-5-13(12)17-14(11)6-9/h2-8,17H,16H2,1H3. The highest BCUT2D eigenvalue weighted by molar-refractivity contribution is 6.31. The van der Waals surface area contributed by atoms with E-state index < -0.39 is 0 Å². The van der Waals surface area contributed by atoms with Crippen molar-refractivity contribution in [2.24, 2.45) is 5.73 Å². The Morgan fingerprint density at radius 1 is 1.06 bits per heavy atom. The van der Waals surface area contributed by atoms with Crippen molar-refractivity contribution in [2.75, 3.05) is 0 Å². The third-order valence-corrected chi connectivity index (χ3v) is 3.35. The lowest BCUT2D eigenvalue weighted by atomic mass is 10.1. The van der Waals surface area contributed by atoms with Crippen molar-refractivity contribution in [1.29, 1.82) is 0 Å². The summed E-state index contributed by atoms with van der Waals surface area (Å²) < 4.78 is 0. The van der Waals surface area contributed by atoms with Crippen LogP contribution in [0.4, 0.5) is 0 Å². The maximum atomic E-state index is 6.02. The van der Waals surface area contributed by atoms with Crippen LogP contribution in [0.25, 0.3) is 21.8 Å². The SMILES string of the molecule is CC(N)c1ccc2c(c1)[nH]c1ccc(Cl)cc12. The second-order valence-corrected chi connectivity index (χ2v) is 4.85. The number of hydrogen-bond acceptors (Lipinski definition) is 1. The quantitative estimate of drug-likeness (QED) is 0.668. The Morgan fingerprint density at radius 2 is 1.88 bits per heavy atom. The molecule has 0 bridgehead atoms. The maximum absolute atomic E-state index is 6.02. The van der Waals surface area contributed by atoms with E-state index in [4.69, 9.17) is 17.3 Å². The Morgan fingerprint density at radius 3 is 2.65 bits per heavy atom. The van der Waals surface area contributed by atoms with E-state index in [0.29, 0.717) is 0 Å². The van der Waals surface area contributed by atoms with Crippen LogP contribution >= 0.6 is 11.6 Å². The van der Waals surface area contributed by atoms with Gasteiger partial charge in [0.25, 0.3) is 0 Å². The fourth-order valence-electron chi connectivity index (χ4n) is 2.18. The van der Waals surface area contributed by atoms with Crippen molar-refractivity contribution in [3.05, 3.63) is 47.0 Å². The average molecular weight is 245 g/mol. The fourth-order valence-corrected chi connectivity index (χ4v) is 2.35. The summed E-state index contributed by atoms with van der Waals surface area (Å²) in [6, 6.07) is 12.2.